The summed E-state index contributed by atoms with van der Waals surface area (Å²) in [5.74, 6) is -2.78. The number of benzene rings is 1. The van der Waals surface area contributed by atoms with Crippen molar-refractivity contribution in [2.45, 2.75) is 13.2 Å². The molecule has 0 saturated heterocycles. The SMILES string of the molecule is COCc1noc(CNc2cc(F)c(F)cc2F)n1. The first kappa shape index (κ1) is 13.3. The lowest BCUT2D eigenvalue weighted by Crippen LogP contribution is -2.03. The van der Waals surface area contributed by atoms with Crippen LogP contribution in [0, 0.1) is 17.5 Å². The molecule has 102 valence electrons. The van der Waals surface area contributed by atoms with Crippen molar-refractivity contribution >= 4 is 5.69 Å². The molecule has 1 heterocycles. The maximum absolute atomic E-state index is 13.3. The maximum atomic E-state index is 13.3. The number of nitrogens with zero attached hydrogens (tertiary/aromatic N) is 2. The van der Waals surface area contributed by atoms with Crippen LogP contribution in [0.2, 0.25) is 0 Å². The molecule has 2 rings (SSSR count). The number of hydrogen-bond donors (Lipinski definition) is 1. The standard InChI is InChI=1S/C11H10F3N3O2/c1-18-5-10-16-11(19-17-10)4-15-9-3-7(13)6(12)2-8(9)14/h2-3,15H,4-5H2,1H3. The summed E-state index contributed by atoms with van der Waals surface area (Å²) < 4.78 is 48.6. The lowest BCUT2D eigenvalue weighted by atomic mass is 10.3. The van der Waals surface area contributed by atoms with Gasteiger partial charge in [0, 0.05) is 19.2 Å². The van der Waals surface area contributed by atoms with Gasteiger partial charge in [-0.2, -0.15) is 4.98 Å². The van der Waals surface area contributed by atoms with E-state index in [0.717, 1.165) is 6.07 Å². The number of nitrogens with one attached hydrogen (secondary N) is 1. The number of hydrogen-bond acceptors (Lipinski definition) is 5. The molecular formula is C11H10F3N3O2. The van der Waals surface area contributed by atoms with Crippen molar-refractivity contribution in [3.05, 3.63) is 41.3 Å². The second kappa shape index (κ2) is 5.70. The van der Waals surface area contributed by atoms with Gasteiger partial charge in [-0.1, -0.05) is 5.16 Å². The number of ether oxygens (including phenoxy) is 1. The van der Waals surface area contributed by atoms with E-state index in [0.29, 0.717) is 11.9 Å². The van der Waals surface area contributed by atoms with E-state index in [1.807, 2.05) is 0 Å². The van der Waals surface area contributed by atoms with Gasteiger partial charge in [0.15, 0.2) is 17.5 Å². The van der Waals surface area contributed by atoms with Gasteiger partial charge in [-0.25, -0.2) is 13.2 Å². The molecule has 0 aliphatic rings. The minimum Gasteiger partial charge on any atom is -0.377 e. The number of halogens is 3. The van der Waals surface area contributed by atoms with E-state index in [1.165, 1.54) is 7.11 Å². The Balaban J connectivity index is 2.03. The van der Waals surface area contributed by atoms with Crippen molar-refractivity contribution in [2.24, 2.45) is 0 Å². The van der Waals surface area contributed by atoms with Gasteiger partial charge in [0.1, 0.15) is 12.4 Å². The van der Waals surface area contributed by atoms with Crippen LogP contribution in [0.15, 0.2) is 16.7 Å². The van der Waals surface area contributed by atoms with E-state index < -0.39 is 17.5 Å². The Morgan fingerprint density at radius 3 is 2.68 bits per heavy atom. The highest BCUT2D eigenvalue weighted by atomic mass is 19.2. The summed E-state index contributed by atoms with van der Waals surface area (Å²) in [4.78, 5) is 3.93. The summed E-state index contributed by atoms with van der Waals surface area (Å²) in [7, 11) is 1.48. The van der Waals surface area contributed by atoms with Gasteiger partial charge >= 0.3 is 0 Å². The molecule has 0 unspecified atom stereocenters. The van der Waals surface area contributed by atoms with Crippen LogP contribution in [-0.4, -0.2) is 17.3 Å². The molecule has 0 saturated carbocycles. The highest BCUT2D eigenvalue weighted by Gasteiger charge is 2.11. The second-order valence-electron chi connectivity index (χ2n) is 3.64. The van der Waals surface area contributed by atoms with Crippen LogP contribution < -0.4 is 5.32 Å². The van der Waals surface area contributed by atoms with Gasteiger partial charge in [0.25, 0.3) is 0 Å². The van der Waals surface area contributed by atoms with Crippen LogP contribution in [0.3, 0.4) is 0 Å². The topological polar surface area (TPSA) is 60.2 Å². The first-order valence-corrected chi connectivity index (χ1v) is 5.29. The molecule has 0 aliphatic carbocycles. The predicted molar refractivity (Wildman–Crippen MR) is 58.7 cm³/mol. The molecule has 5 nitrogen and oxygen atoms in total. The Hall–Kier alpha value is -2.09. The Morgan fingerprint density at radius 1 is 1.21 bits per heavy atom. The lowest BCUT2D eigenvalue weighted by Gasteiger charge is -2.05. The molecule has 1 aromatic carbocycles. The van der Waals surface area contributed by atoms with Gasteiger partial charge < -0.3 is 14.6 Å². The number of rotatable bonds is 5. The molecular weight excluding hydrogens is 263 g/mol. The lowest BCUT2D eigenvalue weighted by molar-refractivity contribution is 0.174. The molecule has 0 bridgehead atoms. The molecule has 2 aromatic rings. The fourth-order valence-electron chi connectivity index (χ4n) is 1.38. The predicted octanol–water partition coefficient (Wildman–Crippen LogP) is 2.25. The first-order valence-electron chi connectivity index (χ1n) is 5.29. The van der Waals surface area contributed by atoms with E-state index in [9.17, 15) is 13.2 Å². The Bertz CT molecular complexity index is 574. The van der Waals surface area contributed by atoms with E-state index in [4.69, 9.17) is 9.26 Å². The number of anilines is 1. The zero-order valence-electron chi connectivity index (χ0n) is 9.91. The van der Waals surface area contributed by atoms with Crippen molar-refractivity contribution in [3.63, 3.8) is 0 Å². The Morgan fingerprint density at radius 2 is 1.95 bits per heavy atom. The first-order chi connectivity index (χ1) is 9.10. The van der Waals surface area contributed by atoms with E-state index in [1.54, 1.807) is 0 Å². The van der Waals surface area contributed by atoms with Gasteiger partial charge in [-0.05, 0) is 0 Å². The monoisotopic (exact) mass is 273 g/mol. The smallest absolute Gasteiger partial charge is 0.246 e. The molecule has 0 amide bonds. The molecule has 0 atom stereocenters. The van der Waals surface area contributed by atoms with Crippen LogP contribution in [0.25, 0.3) is 0 Å². The zero-order valence-corrected chi connectivity index (χ0v) is 9.91. The minimum atomic E-state index is -1.25. The van der Waals surface area contributed by atoms with Crippen molar-refractivity contribution < 1.29 is 22.4 Å². The van der Waals surface area contributed by atoms with E-state index in [-0.39, 0.29) is 24.7 Å². The average molecular weight is 273 g/mol. The molecule has 0 radical (unpaired) electrons. The van der Waals surface area contributed by atoms with Gasteiger partial charge in [-0.15, -0.1) is 0 Å². The summed E-state index contributed by atoms with van der Waals surface area (Å²) in [6.07, 6.45) is 0. The molecule has 8 heteroatoms. The summed E-state index contributed by atoms with van der Waals surface area (Å²) in [5, 5.41) is 6.13. The van der Waals surface area contributed by atoms with Crippen LogP contribution >= 0.6 is 0 Å². The third-order valence-electron chi connectivity index (χ3n) is 2.22. The van der Waals surface area contributed by atoms with Crippen LogP contribution in [-0.2, 0) is 17.9 Å². The van der Waals surface area contributed by atoms with Gasteiger partial charge in [0.2, 0.25) is 5.89 Å². The summed E-state index contributed by atoms with van der Waals surface area (Å²) in [5.41, 5.74) is -0.189. The fourth-order valence-corrected chi connectivity index (χ4v) is 1.38. The van der Waals surface area contributed by atoms with Crippen LogP contribution in [0.1, 0.15) is 11.7 Å². The van der Waals surface area contributed by atoms with Crippen LogP contribution in [0.4, 0.5) is 18.9 Å². The molecule has 0 aliphatic heterocycles. The van der Waals surface area contributed by atoms with Crippen LogP contribution in [0.5, 0.6) is 0 Å². The van der Waals surface area contributed by atoms with Crippen molar-refractivity contribution in [2.75, 3.05) is 12.4 Å². The Labute approximate surface area is 106 Å². The molecule has 0 fully saturated rings. The molecule has 1 aromatic heterocycles. The summed E-state index contributed by atoms with van der Waals surface area (Å²) in [6.45, 7) is 0.168. The Kier molecular flexibility index (Phi) is 4.00. The molecule has 19 heavy (non-hydrogen) atoms. The third kappa shape index (κ3) is 3.22. The van der Waals surface area contributed by atoms with Crippen molar-refractivity contribution in [1.29, 1.82) is 0 Å². The van der Waals surface area contributed by atoms with Crippen molar-refractivity contribution in [1.82, 2.24) is 10.1 Å². The zero-order chi connectivity index (χ0) is 13.8. The van der Waals surface area contributed by atoms with Gasteiger partial charge in [0.05, 0.1) is 12.2 Å². The van der Waals surface area contributed by atoms with E-state index in [2.05, 4.69) is 15.5 Å². The molecule has 1 N–H and O–H groups in total. The summed E-state index contributed by atoms with van der Waals surface area (Å²) in [6, 6.07) is 1.18. The van der Waals surface area contributed by atoms with E-state index >= 15 is 0 Å². The fraction of sp³-hybridized carbons (Fsp3) is 0.273. The third-order valence-corrected chi connectivity index (χ3v) is 2.22. The summed E-state index contributed by atoms with van der Waals surface area (Å²) >= 11 is 0. The quantitative estimate of drug-likeness (QED) is 0.847. The number of aromatic nitrogens is 2. The van der Waals surface area contributed by atoms with Gasteiger partial charge in [-0.3, -0.25) is 0 Å². The highest BCUT2D eigenvalue weighted by Crippen LogP contribution is 2.18. The number of methoxy groups -OCH3 is 1. The van der Waals surface area contributed by atoms with Crippen molar-refractivity contribution in [3.8, 4) is 0 Å². The highest BCUT2D eigenvalue weighted by molar-refractivity contribution is 5.45. The minimum absolute atomic E-state index is 0.0152. The maximum Gasteiger partial charge on any atom is 0.246 e. The average Bonchev–Trinajstić information content (AvgIpc) is 2.80. The molecule has 0 spiro atoms. The largest absolute Gasteiger partial charge is 0.377 e. The second-order valence-corrected chi connectivity index (χ2v) is 3.64. The normalized spacial score (nSPS) is 10.7.